The summed E-state index contributed by atoms with van der Waals surface area (Å²) in [6, 6.07) is 3.86. The highest BCUT2D eigenvalue weighted by Gasteiger charge is 2.24. The molecule has 1 aromatic rings. The number of carbonyl (C=O) groups is 1. The largest absolute Gasteiger partial charge is 0.483 e. The van der Waals surface area contributed by atoms with Gasteiger partial charge in [0.15, 0.2) is 0 Å². The minimum atomic E-state index is -1.24. The highest BCUT2D eigenvalue weighted by Crippen LogP contribution is 2.32. The zero-order valence-electron chi connectivity index (χ0n) is 10.3. The van der Waals surface area contributed by atoms with Crippen LogP contribution in [-0.2, 0) is 0 Å². The van der Waals surface area contributed by atoms with E-state index < -0.39 is 10.9 Å². The van der Waals surface area contributed by atoms with Crippen molar-refractivity contribution in [1.82, 2.24) is 0 Å². The van der Waals surface area contributed by atoms with E-state index in [1.54, 1.807) is 6.92 Å². The van der Waals surface area contributed by atoms with Crippen LogP contribution < -0.4 is 4.74 Å². The van der Waals surface area contributed by atoms with Crippen LogP contribution in [0.3, 0.4) is 0 Å². The molecule has 0 aliphatic rings. The minimum Gasteiger partial charge on any atom is -0.483 e. The number of carboxylic acid groups (broad SMARTS) is 1. The number of hydrogen-bond acceptors (Lipinski definition) is 4. The van der Waals surface area contributed by atoms with Gasteiger partial charge in [-0.3, -0.25) is 10.1 Å². The maximum absolute atomic E-state index is 11.0. The molecule has 1 atom stereocenters. The summed E-state index contributed by atoms with van der Waals surface area (Å²) in [6.07, 6.45) is 1.28. The average Bonchev–Trinajstić information content (AvgIpc) is 2.28. The van der Waals surface area contributed by atoms with Crippen LogP contribution in [0.25, 0.3) is 0 Å². The van der Waals surface area contributed by atoms with Gasteiger partial charge < -0.3 is 9.84 Å². The third kappa shape index (κ3) is 3.19. The first kappa shape index (κ1) is 14.0. The molecule has 98 valence electrons. The SMILES string of the molecule is CCCC(C)Oc1c(C(=O)O)cccc1[N+](=O)[O-]. The Morgan fingerprint density at radius 2 is 2.22 bits per heavy atom. The molecule has 1 N–H and O–H groups in total. The molecular weight excluding hydrogens is 238 g/mol. The summed E-state index contributed by atoms with van der Waals surface area (Å²) >= 11 is 0. The monoisotopic (exact) mass is 253 g/mol. The molecule has 0 aromatic heterocycles. The molecular formula is C12H15NO5. The normalized spacial score (nSPS) is 11.9. The molecule has 0 aliphatic carbocycles. The number of aromatic carboxylic acids is 1. The molecule has 0 bridgehead atoms. The Kier molecular flexibility index (Phi) is 4.65. The molecule has 6 nitrogen and oxygen atoms in total. The van der Waals surface area contributed by atoms with Gasteiger partial charge in [0, 0.05) is 6.07 Å². The standard InChI is InChI=1S/C12H15NO5/c1-3-5-8(2)18-11-9(12(14)15)6-4-7-10(11)13(16)17/h4,6-8H,3,5H2,1-2H3,(H,14,15). The van der Waals surface area contributed by atoms with Crippen molar-refractivity contribution >= 4 is 11.7 Å². The van der Waals surface area contributed by atoms with Crippen LogP contribution in [0.4, 0.5) is 5.69 Å². The third-order valence-corrected chi connectivity index (χ3v) is 2.44. The molecule has 0 radical (unpaired) electrons. The Hall–Kier alpha value is -2.11. The Morgan fingerprint density at radius 3 is 2.72 bits per heavy atom. The zero-order chi connectivity index (χ0) is 13.7. The molecule has 18 heavy (non-hydrogen) atoms. The molecule has 0 saturated carbocycles. The molecule has 0 amide bonds. The lowest BCUT2D eigenvalue weighted by Crippen LogP contribution is -2.15. The van der Waals surface area contributed by atoms with Gasteiger partial charge in [0.25, 0.3) is 0 Å². The topological polar surface area (TPSA) is 89.7 Å². The van der Waals surface area contributed by atoms with Crippen LogP contribution >= 0.6 is 0 Å². The summed E-state index contributed by atoms with van der Waals surface area (Å²) in [5.74, 6) is -1.41. The minimum absolute atomic E-state index is 0.170. The first-order valence-corrected chi connectivity index (χ1v) is 5.64. The van der Waals surface area contributed by atoms with Gasteiger partial charge in [-0.1, -0.05) is 19.4 Å². The number of para-hydroxylation sites is 1. The summed E-state index contributed by atoms with van der Waals surface area (Å²) < 4.78 is 5.42. The first-order valence-electron chi connectivity index (χ1n) is 5.64. The lowest BCUT2D eigenvalue weighted by atomic mass is 10.1. The number of nitro groups is 1. The summed E-state index contributed by atoms with van der Waals surface area (Å²) in [6.45, 7) is 3.71. The summed E-state index contributed by atoms with van der Waals surface area (Å²) in [5.41, 5.74) is -0.509. The van der Waals surface area contributed by atoms with Crippen molar-refractivity contribution in [2.24, 2.45) is 0 Å². The lowest BCUT2D eigenvalue weighted by Gasteiger charge is -2.15. The molecule has 1 unspecified atom stereocenters. The van der Waals surface area contributed by atoms with Crippen molar-refractivity contribution in [3.8, 4) is 5.75 Å². The van der Waals surface area contributed by atoms with Gasteiger partial charge in [0.2, 0.25) is 5.75 Å². The number of benzene rings is 1. The highest BCUT2D eigenvalue weighted by atomic mass is 16.6. The fraction of sp³-hybridized carbons (Fsp3) is 0.417. The smallest absolute Gasteiger partial charge is 0.339 e. The molecule has 0 heterocycles. The van der Waals surface area contributed by atoms with Crippen LogP contribution in [0.1, 0.15) is 37.0 Å². The van der Waals surface area contributed by atoms with E-state index in [-0.39, 0.29) is 23.1 Å². The molecule has 0 fully saturated rings. The van der Waals surface area contributed by atoms with Gasteiger partial charge >= 0.3 is 11.7 Å². The Morgan fingerprint density at radius 1 is 1.56 bits per heavy atom. The van der Waals surface area contributed by atoms with Crippen molar-refractivity contribution in [2.75, 3.05) is 0 Å². The lowest BCUT2D eigenvalue weighted by molar-refractivity contribution is -0.386. The number of ether oxygens (including phenoxy) is 1. The van der Waals surface area contributed by atoms with E-state index in [1.807, 2.05) is 6.92 Å². The maximum atomic E-state index is 11.0. The predicted octanol–water partition coefficient (Wildman–Crippen LogP) is 2.86. The molecule has 0 aliphatic heterocycles. The van der Waals surface area contributed by atoms with E-state index in [0.717, 1.165) is 6.42 Å². The summed E-state index contributed by atoms with van der Waals surface area (Å²) in [7, 11) is 0. The maximum Gasteiger partial charge on any atom is 0.339 e. The quantitative estimate of drug-likeness (QED) is 0.621. The average molecular weight is 253 g/mol. The number of rotatable bonds is 6. The Bertz CT molecular complexity index is 426. The Labute approximate surface area is 104 Å². The van der Waals surface area contributed by atoms with E-state index >= 15 is 0 Å². The predicted molar refractivity (Wildman–Crippen MR) is 65.1 cm³/mol. The van der Waals surface area contributed by atoms with Crippen LogP contribution in [-0.4, -0.2) is 22.1 Å². The first-order chi connectivity index (χ1) is 8.47. The van der Waals surface area contributed by atoms with E-state index in [2.05, 4.69) is 0 Å². The molecule has 1 aromatic carbocycles. The van der Waals surface area contributed by atoms with Crippen molar-refractivity contribution < 1.29 is 19.6 Å². The van der Waals surface area contributed by atoms with Crippen molar-refractivity contribution in [2.45, 2.75) is 32.8 Å². The van der Waals surface area contributed by atoms with E-state index in [9.17, 15) is 14.9 Å². The highest BCUT2D eigenvalue weighted by molar-refractivity contribution is 5.92. The van der Waals surface area contributed by atoms with Crippen LogP contribution in [0.5, 0.6) is 5.75 Å². The molecule has 6 heteroatoms. The number of nitro benzene ring substituents is 1. The second-order valence-corrected chi connectivity index (χ2v) is 3.93. The number of carboxylic acids is 1. The molecule has 0 spiro atoms. The Balaban J connectivity index is 3.18. The van der Waals surface area contributed by atoms with Gasteiger partial charge in [-0.15, -0.1) is 0 Å². The van der Waals surface area contributed by atoms with Crippen molar-refractivity contribution in [3.05, 3.63) is 33.9 Å². The number of hydrogen-bond donors (Lipinski definition) is 1. The fourth-order valence-corrected chi connectivity index (χ4v) is 1.63. The number of nitrogens with zero attached hydrogens (tertiary/aromatic N) is 1. The van der Waals surface area contributed by atoms with Crippen molar-refractivity contribution in [1.29, 1.82) is 0 Å². The van der Waals surface area contributed by atoms with E-state index in [4.69, 9.17) is 9.84 Å². The van der Waals surface area contributed by atoms with Crippen molar-refractivity contribution in [3.63, 3.8) is 0 Å². The van der Waals surface area contributed by atoms with Gasteiger partial charge in [-0.05, 0) is 19.4 Å². The van der Waals surface area contributed by atoms with E-state index in [1.165, 1.54) is 18.2 Å². The van der Waals surface area contributed by atoms with Gasteiger partial charge in [0.1, 0.15) is 5.56 Å². The third-order valence-electron chi connectivity index (χ3n) is 2.44. The van der Waals surface area contributed by atoms with Crippen LogP contribution in [0.15, 0.2) is 18.2 Å². The molecule has 1 rings (SSSR count). The fourth-order valence-electron chi connectivity index (χ4n) is 1.63. The van der Waals surface area contributed by atoms with Gasteiger partial charge in [-0.2, -0.15) is 0 Å². The summed E-state index contributed by atoms with van der Waals surface area (Å²) in [4.78, 5) is 21.3. The van der Waals surface area contributed by atoms with E-state index in [0.29, 0.717) is 6.42 Å². The van der Waals surface area contributed by atoms with Crippen LogP contribution in [0, 0.1) is 10.1 Å². The molecule has 0 saturated heterocycles. The zero-order valence-corrected chi connectivity index (χ0v) is 10.3. The summed E-state index contributed by atoms with van der Waals surface area (Å²) in [5, 5.41) is 19.9. The second kappa shape index (κ2) is 6.00. The van der Waals surface area contributed by atoms with Crippen LogP contribution in [0.2, 0.25) is 0 Å². The van der Waals surface area contributed by atoms with Gasteiger partial charge in [0.05, 0.1) is 11.0 Å². The second-order valence-electron chi connectivity index (χ2n) is 3.93. The van der Waals surface area contributed by atoms with Gasteiger partial charge in [-0.25, -0.2) is 4.79 Å².